The van der Waals surface area contributed by atoms with E-state index in [1.165, 1.54) is 12.1 Å². The largest absolute Gasteiger partial charge is 0.339 e. The van der Waals surface area contributed by atoms with Crippen molar-refractivity contribution in [3.63, 3.8) is 0 Å². The van der Waals surface area contributed by atoms with Crippen LogP contribution in [-0.2, 0) is 6.42 Å². The first-order valence-electron chi connectivity index (χ1n) is 9.00. The molecule has 0 spiro atoms. The van der Waals surface area contributed by atoms with E-state index >= 15 is 0 Å². The van der Waals surface area contributed by atoms with Crippen molar-refractivity contribution in [2.75, 3.05) is 13.1 Å². The van der Waals surface area contributed by atoms with Crippen LogP contribution in [0.3, 0.4) is 0 Å². The molecule has 0 fully saturated rings. The van der Waals surface area contributed by atoms with Gasteiger partial charge in [0, 0.05) is 42.8 Å². The minimum Gasteiger partial charge on any atom is -0.339 e. The van der Waals surface area contributed by atoms with E-state index in [9.17, 15) is 14.9 Å². The summed E-state index contributed by atoms with van der Waals surface area (Å²) >= 11 is 0. The summed E-state index contributed by atoms with van der Waals surface area (Å²) in [4.78, 5) is 29.2. The number of hydrogen-bond acceptors (Lipinski definition) is 6. The molecule has 0 N–H and O–H groups in total. The van der Waals surface area contributed by atoms with Crippen LogP contribution in [-0.4, -0.2) is 39.0 Å². The third-order valence-corrected chi connectivity index (χ3v) is 4.18. The Morgan fingerprint density at radius 2 is 1.93 bits per heavy atom. The fourth-order valence-corrected chi connectivity index (χ4v) is 2.81. The van der Waals surface area contributed by atoms with Gasteiger partial charge in [-0.25, -0.2) is 0 Å². The van der Waals surface area contributed by atoms with Crippen LogP contribution in [0.5, 0.6) is 0 Å². The highest BCUT2D eigenvalue weighted by molar-refractivity contribution is 5.94. The number of amides is 1. The SMILES string of the molecule is CCCN(CCc1nc(-c2cccc([N+](=O)[O-])c2)no1)C(=O)c1ccccc1. The number of benzene rings is 2. The number of carbonyl (C=O) groups excluding carboxylic acids is 1. The Kier molecular flexibility index (Phi) is 6.11. The predicted molar refractivity (Wildman–Crippen MR) is 103 cm³/mol. The normalized spacial score (nSPS) is 10.6. The van der Waals surface area contributed by atoms with E-state index in [1.54, 1.807) is 29.2 Å². The second-order valence-electron chi connectivity index (χ2n) is 6.23. The molecule has 1 amide bonds. The maximum absolute atomic E-state index is 12.7. The zero-order valence-corrected chi connectivity index (χ0v) is 15.4. The molecule has 1 heterocycles. The van der Waals surface area contributed by atoms with E-state index < -0.39 is 4.92 Å². The van der Waals surface area contributed by atoms with Crippen LogP contribution in [0.1, 0.15) is 29.6 Å². The zero-order chi connectivity index (χ0) is 19.9. The molecular weight excluding hydrogens is 360 g/mol. The van der Waals surface area contributed by atoms with Gasteiger partial charge in [-0.2, -0.15) is 4.98 Å². The van der Waals surface area contributed by atoms with Crippen molar-refractivity contribution in [1.82, 2.24) is 15.0 Å². The second kappa shape index (κ2) is 8.90. The number of aromatic nitrogens is 2. The van der Waals surface area contributed by atoms with Crippen LogP contribution in [0, 0.1) is 10.1 Å². The predicted octanol–water partition coefficient (Wildman–Crippen LogP) is 3.74. The van der Waals surface area contributed by atoms with Crippen molar-refractivity contribution in [3.8, 4) is 11.4 Å². The van der Waals surface area contributed by atoms with Gasteiger partial charge in [0.2, 0.25) is 11.7 Å². The van der Waals surface area contributed by atoms with Crippen molar-refractivity contribution in [3.05, 3.63) is 76.2 Å². The van der Waals surface area contributed by atoms with Crippen LogP contribution in [0.25, 0.3) is 11.4 Å². The molecule has 1 aromatic heterocycles. The van der Waals surface area contributed by atoms with Crippen LogP contribution >= 0.6 is 0 Å². The fourth-order valence-electron chi connectivity index (χ4n) is 2.81. The molecule has 3 aromatic rings. The van der Waals surface area contributed by atoms with Crippen LogP contribution < -0.4 is 0 Å². The fraction of sp³-hybridized carbons (Fsp3) is 0.250. The maximum Gasteiger partial charge on any atom is 0.270 e. The third kappa shape index (κ3) is 4.59. The van der Waals surface area contributed by atoms with Crippen molar-refractivity contribution < 1.29 is 14.2 Å². The molecule has 0 radical (unpaired) electrons. The Labute approximate surface area is 161 Å². The number of hydrogen-bond donors (Lipinski definition) is 0. The summed E-state index contributed by atoms with van der Waals surface area (Å²) in [6.45, 7) is 3.08. The molecule has 0 bridgehead atoms. The first-order valence-corrected chi connectivity index (χ1v) is 9.00. The van der Waals surface area contributed by atoms with E-state index in [0.717, 1.165) is 6.42 Å². The molecule has 144 valence electrons. The summed E-state index contributed by atoms with van der Waals surface area (Å²) in [6, 6.07) is 15.2. The number of carbonyl (C=O) groups is 1. The Morgan fingerprint density at radius 1 is 1.14 bits per heavy atom. The molecule has 0 aliphatic rings. The van der Waals surface area contributed by atoms with Crippen molar-refractivity contribution in [1.29, 1.82) is 0 Å². The van der Waals surface area contributed by atoms with Gasteiger partial charge in [0.25, 0.3) is 11.6 Å². The minimum absolute atomic E-state index is 0.0357. The quantitative estimate of drug-likeness (QED) is 0.436. The summed E-state index contributed by atoms with van der Waals surface area (Å²) in [6.07, 6.45) is 1.24. The van der Waals surface area contributed by atoms with E-state index in [1.807, 2.05) is 25.1 Å². The molecule has 28 heavy (non-hydrogen) atoms. The number of rotatable bonds is 8. The number of nitro benzene ring substituents is 1. The Balaban J connectivity index is 1.69. The topological polar surface area (TPSA) is 102 Å². The number of nitro groups is 1. The molecule has 0 unspecified atom stereocenters. The van der Waals surface area contributed by atoms with Gasteiger partial charge in [0.05, 0.1) is 4.92 Å². The molecule has 8 heteroatoms. The van der Waals surface area contributed by atoms with Gasteiger partial charge in [-0.05, 0) is 18.6 Å². The molecule has 8 nitrogen and oxygen atoms in total. The first-order chi connectivity index (χ1) is 13.6. The molecule has 0 aliphatic heterocycles. The van der Waals surface area contributed by atoms with E-state index in [-0.39, 0.29) is 17.4 Å². The van der Waals surface area contributed by atoms with Gasteiger partial charge in [0.1, 0.15) is 0 Å². The molecule has 0 saturated carbocycles. The number of nitrogens with zero attached hydrogens (tertiary/aromatic N) is 4. The Bertz CT molecular complexity index is 956. The molecule has 0 saturated heterocycles. The van der Waals surface area contributed by atoms with Gasteiger partial charge in [-0.15, -0.1) is 0 Å². The lowest BCUT2D eigenvalue weighted by molar-refractivity contribution is -0.384. The summed E-state index contributed by atoms with van der Waals surface area (Å²) in [5.41, 5.74) is 1.11. The molecule has 3 rings (SSSR count). The van der Waals surface area contributed by atoms with Crippen LogP contribution in [0.2, 0.25) is 0 Å². The summed E-state index contributed by atoms with van der Waals surface area (Å²) in [5.74, 6) is 0.625. The van der Waals surface area contributed by atoms with E-state index in [4.69, 9.17) is 4.52 Å². The van der Waals surface area contributed by atoms with Crippen molar-refractivity contribution in [2.24, 2.45) is 0 Å². The highest BCUT2D eigenvalue weighted by Crippen LogP contribution is 2.21. The monoisotopic (exact) mass is 380 g/mol. The number of non-ortho nitro benzene ring substituents is 1. The molecule has 0 atom stereocenters. The van der Waals surface area contributed by atoms with Crippen molar-refractivity contribution >= 4 is 11.6 Å². The lowest BCUT2D eigenvalue weighted by Gasteiger charge is -2.21. The Morgan fingerprint density at radius 3 is 2.64 bits per heavy atom. The molecular formula is C20H20N4O4. The van der Waals surface area contributed by atoms with Gasteiger partial charge < -0.3 is 9.42 Å². The van der Waals surface area contributed by atoms with Crippen LogP contribution in [0.15, 0.2) is 59.1 Å². The smallest absolute Gasteiger partial charge is 0.270 e. The first kappa shape index (κ1) is 19.2. The average molecular weight is 380 g/mol. The highest BCUT2D eigenvalue weighted by atomic mass is 16.6. The van der Waals surface area contributed by atoms with Crippen molar-refractivity contribution in [2.45, 2.75) is 19.8 Å². The summed E-state index contributed by atoms with van der Waals surface area (Å²) < 4.78 is 5.26. The van der Waals surface area contributed by atoms with Gasteiger partial charge >= 0.3 is 0 Å². The zero-order valence-electron chi connectivity index (χ0n) is 15.4. The molecule has 0 aliphatic carbocycles. The lowest BCUT2D eigenvalue weighted by Crippen LogP contribution is -2.33. The van der Waals surface area contributed by atoms with Gasteiger partial charge in [-0.3, -0.25) is 14.9 Å². The minimum atomic E-state index is -0.470. The van der Waals surface area contributed by atoms with E-state index in [0.29, 0.717) is 36.5 Å². The average Bonchev–Trinajstić information content (AvgIpc) is 3.20. The van der Waals surface area contributed by atoms with E-state index in [2.05, 4.69) is 10.1 Å². The maximum atomic E-state index is 12.7. The summed E-state index contributed by atoms with van der Waals surface area (Å²) in [7, 11) is 0. The summed E-state index contributed by atoms with van der Waals surface area (Å²) in [5, 5.41) is 14.8. The standard InChI is InChI=1S/C20H20N4O4/c1-2-12-23(20(25)15-7-4-3-5-8-15)13-11-18-21-19(22-28-18)16-9-6-10-17(14-16)24(26)27/h3-10,14H,2,11-13H2,1H3. The highest BCUT2D eigenvalue weighted by Gasteiger charge is 2.17. The molecule has 2 aromatic carbocycles. The third-order valence-electron chi connectivity index (χ3n) is 4.18. The Hall–Kier alpha value is -3.55. The van der Waals surface area contributed by atoms with Gasteiger partial charge in [-0.1, -0.05) is 42.4 Å². The van der Waals surface area contributed by atoms with Crippen LogP contribution in [0.4, 0.5) is 5.69 Å². The van der Waals surface area contributed by atoms with Gasteiger partial charge in [0.15, 0.2) is 0 Å². The second-order valence-corrected chi connectivity index (χ2v) is 6.23. The lowest BCUT2D eigenvalue weighted by atomic mass is 10.2.